The van der Waals surface area contributed by atoms with E-state index in [1.807, 2.05) is 5.38 Å². The van der Waals surface area contributed by atoms with E-state index in [4.69, 9.17) is 0 Å². The molecule has 1 saturated heterocycles. The van der Waals surface area contributed by atoms with Crippen molar-refractivity contribution in [1.29, 1.82) is 0 Å². The topological polar surface area (TPSA) is 96.4 Å². The maximum absolute atomic E-state index is 12.1. The number of sulfonamides is 1. The molecule has 9 heteroatoms. The van der Waals surface area contributed by atoms with Gasteiger partial charge in [-0.3, -0.25) is 9.59 Å². The third-order valence-electron chi connectivity index (χ3n) is 3.59. The number of hydrogen-bond donors (Lipinski definition) is 1. The molecule has 1 aromatic carbocycles. The van der Waals surface area contributed by atoms with E-state index in [1.165, 1.54) is 35.6 Å². The molecule has 24 heavy (non-hydrogen) atoms. The maximum atomic E-state index is 12.1. The van der Waals surface area contributed by atoms with Gasteiger partial charge in [-0.15, -0.1) is 11.3 Å². The number of rotatable bonds is 5. The van der Waals surface area contributed by atoms with Gasteiger partial charge in [0.1, 0.15) is 0 Å². The summed E-state index contributed by atoms with van der Waals surface area (Å²) in [4.78, 5) is 27.9. The number of carbonyl (C=O) groups excluding carboxylic acids is 2. The van der Waals surface area contributed by atoms with Crippen LogP contribution in [0.15, 0.2) is 35.2 Å². The van der Waals surface area contributed by atoms with E-state index in [-0.39, 0.29) is 23.8 Å². The second kappa shape index (κ2) is 6.70. The number of thiazole rings is 1. The Morgan fingerprint density at radius 1 is 1.29 bits per heavy atom. The number of nitrogens with one attached hydrogen (secondary N) is 1. The predicted molar refractivity (Wildman–Crippen MR) is 90.5 cm³/mol. The Bertz CT molecular complexity index is 845. The second-order valence-corrected chi connectivity index (χ2v) is 7.91. The highest BCUT2D eigenvalue weighted by atomic mass is 32.2. The first-order valence-corrected chi connectivity index (χ1v) is 9.84. The molecule has 0 bridgehead atoms. The van der Waals surface area contributed by atoms with Crippen LogP contribution in [-0.4, -0.2) is 37.5 Å². The van der Waals surface area contributed by atoms with Crippen molar-refractivity contribution in [1.82, 2.24) is 10.3 Å². The summed E-state index contributed by atoms with van der Waals surface area (Å²) in [5.41, 5.74) is 3.33. The summed E-state index contributed by atoms with van der Waals surface area (Å²) in [6.45, 7) is 0.462. The molecule has 0 atom stereocenters. The predicted octanol–water partition coefficient (Wildman–Crippen LogP) is 1.18. The molecule has 1 fully saturated rings. The van der Waals surface area contributed by atoms with Crippen LogP contribution >= 0.6 is 11.3 Å². The van der Waals surface area contributed by atoms with Crippen LogP contribution in [0.25, 0.3) is 0 Å². The minimum atomic E-state index is -3.58. The summed E-state index contributed by atoms with van der Waals surface area (Å²) in [7, 11) is -3.58. The summed E-state index contributed by atoms with van der Waals surface area (Å²) >= 11 is 1.50. The highest BCUT2D eigenvalue weighted by molar-refractivity contribution is 7.94. The molecule has 2 amide bonds. The molecule has 0 aliphatic carbocycles. The summed E-state index contributed by atoms with van der Waals surface area (Å²) in [5.74, 6) is -0.882. The molecular weight excluding hydrogens is 350 g/mol. The molecule has 1 aromatic heterocycles. The van der Waals surface area contributed by atoms with Crippen molar-refractivity contribution in [2.75, 3.05) is 16.6 Å². The molecule has 0 radical (unpaired) electrons. The molecule has 2 aromatic rings. The third-order valence-corrected chi connectivity index (χ3v) is 5.92. The van der Waals surface area contributed by atoms with E-state index >= 15 is 0 Å². The van der Waals surface area contributed by atoms with Crippen LogP contribution in [0.1, 0.15) is 22.5 Å². The summed E-state index contributed by atoms with van der Waals surface area (Å²) in [5, 5.41) is 4.70. The lowest BCUT2D eigenvalue weighted by Gasteiger charge is -2.15. The van der Waals surface area contributed by atoms with Crippen molar-refractivity contribution >= 4 is 38.9 Å². The van der Waals surface area contributed by atoms with Crippen LogP contribution in [0.2, 0.25) is 0 Å². The number of hydrogen-bond acceptors (Lipinski definition) is 6. The average molecular weight is 365 g/mol. The van der Waals surface area contributed by atoms with Crippen LogP contribution in [0.4, 0.5) is 5.69 Å². The van der Waals surface area contributed by atoms with Gasteiger partial charge in [0.15, 0.2) is 0 Å². The van der Waals surface area contributed by atoms with Crippen molar-refractivity contribution in [3.8, 4) is 0 Å². The molecule has 1 N–H and O–H groups in total. The van der Waals surface area contributed by atoms with Crippen molar-refractivity contribution in [3.05, 3.63) is 46.4 Å². The van der Waals surface area contributed by atoms with Crippen molar-refractivity contribution in [3.63, 3.8) is 0 Å². The number of anilines is 1. The van der Waals surface area contributed by atoms with E-state index in [1.54, 1.807) is 5.51 Å². The first kappa shape index (κ1) is 16.6. The highest BCUT2D eigenvalue weighted by Gasteiger charge is 2.36. The molecule has 126 valence electrons. The molecule has 1 aliphatic rings. The zero-order valence-corrected chi connectivity index (χ0v) is 14.3. The van der Waals surface area contributed by atoms with E-state index in [9.17, 15) is 18.0 Å². The Kier molecular flexibility index (Phi) is 4.63. The Morgan fingerprint density at radius 2 is 2.04 bits per heavy atom. The zero-order valence-electron chi connectivity index (χ0n) is 12.6. The zero-order chi connectivity index (χ0) is 17.2. The normalized spacial score (nSPS) is 16.3. The van der Waals surface area contributed by atoms with Crippen LogP contribution in [0, 0.1) is 0 Å². The van der Waals surface area contributed by atoms with Gasteiger partial charge in [0.25, 0.3) is 5.91 Å². The summed E-state index contributed by atoms with van der Waals surface area (Å²) < 4.78 is 24.5. The molecule has 0 saturated carbocycles. The van der Waals surface area contributed by atoms with Crippen LogP contribution in [0.3, 0.4) is 0 Å². The van der Waals surface area contributed by atoms with Gasteiger partial charge >= 0.3 is 0 Å². The Morgan fingerprint density at radius 3 is 2.62 bits per heavy atom. The monoisotopic (exact) mass is 365 g/mol. The van der Waals surface area contributed by atoms with Crippen molar-refractivity contribution in [2.45, 2.75) is 12.8 Å². The number of benzene rings is 1. The van der Waals surface area contributed by atoms with Gasteiger partial charge in [0, 0.05) is 30.3 Å². The molecule has 3 rings (SSSR count). The van der Waals surface area contributed by atoms with Crippen LogP contribution in [-0.2, 0) is 21.2 Å². The third kappa shape index (κ3) is 3.46. The lowest BCUT2D eigenvalue weighted by molar-refractivity contribution is -0.116. The van der Waals surface area contributed by atoms with Gasteiger partial charge in [-0.2, -0.15) is 0 Å². The van der Waals surface area contributed by atoms with Crippen molar-refractivity contribution in [2.24, 2.45) is 0 Å². The highest BCUT2D eigenvalue weighted by Crippen LogP contribution is 2.25. The van der Waals surface area contributed by atoms with E-state index < -0.39 is 15.9 Å². The van der Waals surface area contributed by atoms with Crippen LogP contribution in [0.5, 0.6) is 0 Å². The SMILES string of the molecule is O=C(NCCc1cscn1)c1ccc(N2C(=O)CCS2(=O)=O)cc1. The second-order valence-electron chi connectivity index (χ2n) is 5.26. The Hall–Kier alpha value is -2.26. The summed E-state index contributed by atoms with van der Waals surface area (Å²) in [6.07, 6.45) is 0.634. The molecular formula is C15H15N3O4S2. The average Bonchev–Trinajstić information content (AvgIpc) is 3.15. The molecule has 2 heterocycles. The molecule has 1 aliphatic heterocycles. The fraction of sp³-hybridized carbons (Fsp3) is 0.267. The smallest absolute Gasteiger partial charge is 0.251 e. The molecule has 7 nitrogen and oxygen atoms in total. The summed E-state index contributed by atoms with van der Waals surface area (Å²) in [6, 6.07) is 5.95. The largest absolute Gasteiger partial charge is 0.352 e. The van der Waals surface area contributed by atoms with E-state index in [0.29, 0.717) is 18.5 Å². The van der Waals surface area contributed by atoms with Gasteiger partial charge in [0.05, 0.1) is 22.6 Å². The quantitative estimate of drug-likeness (QED) is 0.858. The first-order valence-electron chi connectivity index (χ1n) is 7.28. The van der Waals surface area contributed by atoms with Crippen LogP contribution < -0.4 is 9.62 Å². The lowest BCUT2D eigenvalue weighted by atomic mass is 10.2. The number of nitrogens with zero attached hydrogens (tertiary/aromatic N) is 2. The van der Waals surface area contributed by atoms with E-state index in [0.717, 1.165) is 10.00 Å². The molecule has 0 spiro atoms. The standard InChI is InChI=1S/C15H15N3O4S2/c19-14-6-8-24(21,22)18(14)13-3-1-11(2-4-13)15(20)16-7-5-12-9-23-10-17-12/h1-4,9-10H,5-8H2,(H,16,20). The van der Waals surface area contributed by atoms with Gasteiger partial charge < -0.3 is 5.32 Å². The van der Waals surface area contributed by atoms with Crippen molar-refractivity contribution < 1.29 is 18.0 Å². The fourth-order valence-corrected chi connectivity index (χ4v) is 4.44. The first-order chi connectivity index (χ1) is 11.5. The molecule has 0 unspecified atom stereocenters. The van der Waals surface area contributed by atoms with Gasteiger partial charge in [-0.05, 0) is 24.3 Å². The number of carbonyl (C=O) groups is 2. The minimum Gasteiger partial charge on any atom is -0.352 e. The van der Waals surface area contributed by atoms with E-state index in [2.05, 4.69) is 10.3 Å². The lowest BCUT2D eigenvalue weighted by Crippen LogP contribution is -2.29. The van der Waals surface area contributed by atoms with Gasteiger partial charge in [0.2, 0.25) is 15.9 Å². The fourth-order valence-electron chi connectivity index (χ4n) is 2.38. The maximum Gasteiger partial charge on any atom is 0.251 e. The number of amides is 2. The van der Waals surface area contributed by atoms with Gasteiger partial charge in [-0.25, -0.2) is 17.7 Å². The van der Waals surface area contributed by atoms with Gasteiger partial charge in [-0.1, -0.05) is 0 Å². The Labute approximate surface area is 143 Å². The number of aromatic nitrogens is 1. The Balaban J connectivity index is 1.63. The minimum absolute atomic E-state index is 0.0127.